The Morgan fingerprint density at radius 3 is 1.52 bits per heavy atom. The summed E-state index contributed by atoms with van der Waals surface area (Å²) in [5.74, 6) is -4.79. The molecule has 123 heavy (non-hydrogen) atoms. The molecule has 5 aliphatic carbocycles. The Hall–Kier alpha value is -11.1. The molecule has 654 valence electrons. The lowest BCUT2D eigenvalue weighted by molar-refractivity contribution is -0.186. The van der Waals surface area contributed by atoms with Gasteiger partial charge in [-0.15, -0.1) is 44.2 Å². The van der Waals surface area contributed by atoms with E-state index < -0.39 is 119 Å². The minimum absolute atomic E-state index is 0.000189. The topological polar surface area (TPSA) is 417 Å². The Morgan fingerprint density at radius 1 is 0.545 bits per heavy atom. The van der Waals surface area contributed by atoms with Crippen LogP contribution in [0.4, 0.5) is 13.2 Å². The minimum Gasteiger partial charge on any atom is -0.360 e. The van der Waals surface area contributed by atoms with Gasteiger partial charge in [0, 0.05) is 53.1 Å². The SMILES string of the molecule is C=C[C@@H]1C[C@@]1(C(=O)NS(=O)(=O)c1ccc2c(c1)CN(C(=O)C(F)(F)F)CC2)C(C)C.C=C[C@@H]1C[C@@]1(C(=O)NS(=O)(=O)c1cccnc1)C(C)C.C=C[C@@H]1C[C@]1(C)C(=O)NS(=O)(=O)c1c(-c2ccccc2)noc1C.C=C[C@@H]1C[C@]1(C)C(=O)NS(=O)(=O)c1ccc(CNC(=O)c2ccccc2)s1.C=C[C@@H]1C[C@]1(C)C(=O)NS(=O)(=O)c1cccc2cccnc12. The number of para-hydroxylation sites is 1. The number of hydrogen-bond acceptors (Lipinski definition) is 22. The van der Waals surface area contributed by atoms with Crippen molar-refractivity contribution in [3.63, 3.8) is 0 Å². The van der Waals surface area contributed by atoms with Crippen LogP contribution in [0.15, 0.2) is 244 Å². The summed E-state index contributed by atoms with van der Waals surface area (Å²) < 4.78 is 179. The molecule has 0 bridgehead atoms. The Bertz CT molecular complexity index is 6090. The second-order valence-electron chi connectivity index (χ2n) is 32.0. The first-order valence-electron chi connectivity index (χ1n) is 38.8. The number of nitrogens with zero attached hydrogens (tertiary/aromatic N) is 4. The number of hydrogen-bond donors (Lipinski definition) is 6. The zero-order valence-electron chi connectivity index (χ0n) is 68.5. The minimum atomic E-state index is -4.99. The quantitative estimate of drug-likeness (QED) is 0.0274. The van der Waals surface area contributed by atoms with E-state index in [2.05, 4.69) is 76.9 Å². The number of aromatic nitrogens is 3. The number of amides is 7. The summed E-state index contributed by atoms with van der Waals surface area (Å²) in [6.45, 7) is 32.3. The third kappa shape index (κ3) is 20.6. The van der Waals surface area contributed by atoms with Crippen molar-refractivity contribution in [1.29, 1.82) is 0 Å². The van der Waals surface area contributed by atoms with Crippen LogP contribution in [0.3, 0.4) is 0 Å². The number of pyridine rings is 2. The molecule has 1 aliphatic heterocycles. The third-order valence-electron chi connectivity index (χ3n) is 23.4. The van der Waals surface area contributed by atoms with Gasteiger partial charge in [-0.3, -0.25) is 43.5 Å². The molecular weight excluding hydrogens is 1710 g/mol. The molecule has 14 rings (SSSR count). The molecular formula is C86H95F3N10O18S6. The van der Waals surface area contributed by atoms with Crippen LogP contribution in [0.25, 0.3) is 22.2 Å². The summed E-state index contributed by atoms with van der Waals surface area (Å²) >= 11 is 1.02. The van der Waals surface area contributed by atoms with Crippen LogP contribution >= 0.6 is 11.3 Å². The maximum absolute atomic E-state index is 12.8. The highest BCUT2D eigenvalue weighted by atomic mass is 32.2. The summed E-state index contributed by atoms with van der Waals surface area (Å²) in [4.78, 5) is 94.5. The van der Waals surface area contributed by atoms with Gasteiger partial charge >= 0.3 is 12.1 Å². The van der Waals surface area contributed by atoms with Gasteiger partial charge in [0.25, 0.3) is 56.0 Å². The van der Waals surface area contributed by atoms with Gasteiger partial charge in [0.05, 0.1) is 44.0 Å². The highest BCUT2D eigenvalue weighted by molar-refractivity contribution is 7.92. The zero-order valence-corrected chi connectivity index (χ0v) is 73.4. The number of carbonyl (C=O) groups excluding carboxylic acids is 7. The predicted octanol–water partition coefficient (Wildman–Crippen LogP) is 12.1. The number of rotatable bonds is 26. The van der Waals surface area contributed by atoms with Gasteiger partial charge in [-0.1, -0.05) is 157 Å². The van der Waals surface area contributed by atoms with Crippen LogP contribution in [0, 0.1) is 75.4 Å². The monoisotopic (exact) mass is 1800 g/mol. The lowest BCUT2D eigenvalue weighted by Gasteiger charge is -2.29. The fourth-order valence-corrected chi connectivity index (χ4v) is 21.9. The maximum atomic E-state index is 12.8. The van der Waals surface area contributed by atoms with E-state index in [1.807, 2.05) is 39.8 Å². The van der Waals surface area contributed by atoms with Crippen LogP contribution in [0.1, 0.15) is 113 Å². The van der Waals surface area contributed by atoms with E-state index in [0.29, 0.717) is 75.0 Å². The van der Waals surface area contributed by atoms with Crippen LogP contribution < -0.4 is 28.9 Å². The van der Waals surface area contributed by atoms with Crippen molar-refractivity contribution in [2.24, 2.45) is 68.5 Å². The lowest BCUT2D eigenvalue weighted by Crippen LogP contribution is -2.43. The summed E-state index contributed by atoms with van der Waals surface area (Å²) in [5, 5.41) is 7.30. The average molecular weight is 1810 g/mol. The normalized spacial score (nSPS) is 23.3. The molecule has 10 atom stereocenters. The molecule has 4 aromatic carbocycles. The number of thiophene rings is 1. The number of sulfonamides is 5. The molecule has 6 aliphatic rings. The largest absolute Gasteiger partial charge is 0.471 e. The van der Waals surface area contributed by atoms with E-state index in [1.165, 1.54) is 68.0 Å². The summed E-state index contributed by atoms with van der Waals surface area (Å²) in [7, 11) is -20.1. The van der Waals surface area contributed by atoms with E-state index in [1.54, 1.807) is 130 Å². The Morgan fingerprint density at radius 2 is 1.03 bits per heavy atom. The smallest absolute Gasteiger partial charge is 0.360 e. The van der Waals surface area contributed by atoms with Gasteiger partial charge in [-0.05, 0) is 159 Å². The summed E-state index contributed by atoms with van der Waals surface area (Å²) in [6.07, 6.45) is 10.7. The molecule has 6 N–H and O–H groups in total. The van der Waals surface area contributed by atoms with Crippen molar-refractivity contribution in [1.82, 2.24) is 49.0 Å². The van der Waals surface area contributed by atoms with Gasteiger partial charge < -0.3 is 14.7 Å². The number of nitrogens with one attached hydrogen (secondary N) is 6. The number of halogens is 3. The second-order valence-corrected chi connectivity index (χ2v) is 41.7. The zero-order chi connectivity index (χ0) is 90.6. The number of alkyl halides is 3. The summed E-state index contributed by atoms with van der Waals surface area (Å²) in [5.41, 5.74) is -0.968. The third-order valence-corrected chi connectivity index (χ3v) is 31.8. The lowest BCUT2D eigenvalue weighted by atomic mass is 9.89. The highest BCUT2D eigenvalue weighted by Gasteiger charge is 2.63. The van der Waals surface area contributed by atoms with Gasteiger partial charge in [0.15, 0.2) is 10.7 Å². The molecule has 0 unspecified atom stereocenters. The molecule has 28 nitrogen and oxygen atoms in total. The highest BCUT2D eigenvalue weighted by Crippen LogP contribution is 2.60. The number of allylic oxidation sites excluding steroid dienone is 5. The Labute approximate surface area is 717 Å². The first-order valence-corrected chi connectivity index (χ1v) is 47.0. The molecule has 0 saturated heterocycles. The van der Waals surface area contributed by atoms with E-state index in [9.17, 15) is 88.8 Å². The molecule has 4 aromatic heterocycles. The fourth-order valence-electron chi connectivity index (χ4n) is 14.8. The van der Waals surface area contributed by atoms with E-state index in [0.717, 1.165) is 11.3 Å². The van der Waals surface area contributed by atoms with Gasteiger partial charge in [-0.2, -0.15) is 13.2 Å². The van der Waals surface area contributed by atoms with Crippen molar-refractivity contribution in [3.05, 3.63) is 243 Å². The summed E-state index contributed by atoms with van der Waals surface area (Å²) in [6, 6.07) is 36.0. The average Bonchev–Trinajstić information content (AvgIpc) is 1.57. The van der Waals surface area contributed by atoms with Crippen molar-refractivity contribution in [2.75, 3.05) is 6.54 Å². The molecule has 5 saturated carbocycles. The maximum Gasteiger partial charge on any atom is 0.471 e. The fraction of sp³-hybridized carbons (Fsp3) is 0.349. The number of fused-ring (bicyclic) bond motifs is 2. The van der Waals surface area contributed by atoms with Gasteiger partial charge in [0.2, 0.25) is 29.5 Å². The van der Waals surface area contributed by atoms with Crippen molar-refractivity contribution in [3.8, 4) is 11.3 Å². The molecule has 0 radical (unpaired) electrons. The van der Waals surface area contributed by atoms with E-state index >= 15 is 0 Å². The van der Waals surface area contributed by atoms with Gasteiger partial charge in [0.1, 0.15) is 19.7 Å². The van der Waals surface area contributed by atoms with Crippen LogP contribution in [-0.4, -0.2) is 116 Å². The molecule has 7 amide bonds. The van der Waals surface area contributed by atoms with Crippen LogP contribution in [0.2, 0.25) is 0 Å². The van der Waals surface area contributed by atoms with Crippen LogP contribution in [-0.2, 0) is 98.4 Å². The van der Waals surface area contributed by atoms with Crippen molar-refractivity contribution < 1.29 is 93.3 Å². The van der Waals surface area contributed by atoms with Crippen molar-refractivity contribution in [2.45, 2.75) is 137 Å². The van der Waals surface area contributed by atoms with E-state index in [-0.39, 0.29) is 109 Å². The molecule has 5 heterocycles. The Balaban J connectivity index is 0.000000162. The molecule has 8 aromatic rings. The predicted molar refractivity (Wildman–Crippen MR) is 453 cm³/mol. The van der Waals surface area contributed by atoms with Gasteiger partial charge in [-0.25, -0.2) is 65.7 Å². The number of aryl methyl sites for hydroxylation is 1. The van der Waals surface area contributed by atoms with Crippen molar-refractivity contribution >= 4 is 114 Å². The molecule has 0 spiro atoms. The first kappa shape index (κ1) is 94.1. The van der Waals surface area contributed by atoms with Crippen LogP contribution in [0.5, 0.6) is 0 Å². The first-order chi connectivity index (χ1) is 57.6. The molecule has 5 fully saturated rings. The molecule has 37 heteroatoms. The second kappa shape index (κ2) is 36.4. The number of benzene rings is 4. The standard InChI is InChI=1S/C20H23F3N2O4S.C19H20N2O4S2.C17H18N2O4S.C16H16N2O3S.C14H18N2O3S/c1-4-15-10-19(15,12(2)3)17(26)24-30(28,29)16-6-5-13-7-8-25(11-14(13)9-16)18(27)20(21,22)23;1-3-14-11-19(14,2)18(23)21-27(24,25)16-10-9-15(26-16)12-20-17(22)13-7-5-4-6-8-13;1-4-13-10-17(13,3)16(20)19-24(21,22)15-11(2)23-18-14(15)12-8-6-5-7-9-12;1-3-12-10-16(12,2)15(19)18-22(20,21)13-8-4-6-11-7-5-9-17-14(11)13;1-4-11-8-14(11,10(2)3)13(17)16-20(18,19)12-6-5-7-15-9-12/h4-6,9,12,15H,1,7-8,10-11H2,2-3H3,(H,24,26);3-10,14H,1,11-12H2,2H3,(H,20,22)(H,21,23);4-9,13H,1,10H2,2-3H3,(H,19,20);3-9,12H,1,10H2,2H3,(H,18,19);4-7,9-11H,1,8H2,2-3H3,(H,16,17)/t15-,19-;14-,19+;13-,17+;12-,16+;11-,14-/m11111/s1. The van der Waals surface area contributed by atoms with E-state index in [4.69, 9.17) is 4.52 Å². The Kier molecular flexibility index (Phi) is 27.8. The number of carbonyl (C=O) groups is 7.